The molecule has 7 heteroatoms. The van der Waals surface area contributed by atoms with E-state index in [1.165, 1.54) is 7.11 Å². The molecule has 1 amide bonds. The molecule has 6 nitrogen and oxygen atoms in total. The zero-order valence-electron chi connectivity index (χ0n) is 16.3. The lowest BCUT2D eigenvalue weighted by atomic mass is 10.1. The number of amides is 1. The molecule has 0 aromatic heterocycles. The molecule has 0 radical (unpaired) electrons. The molecular formula is C20H26N2O4S. The van der Waals surface area contributed by atoms with Crippen LogP contribution in [-0.2, 0) is 14.8 Å². The Morgan fingerprint density at radius 1 is 1.11 bits per heavy atom. The Morgan fingerprint density at radius 2 is 1.74 bits per heavy atom. The van der Waals surface area contributed by atoms with Gasteiger partial charge in [-0.3, -0.25) is 9.10 Å². The van der Waals surface area contributed by atoms with Crippen LogP contribution in [0.25, 0.3) is 0 Å². The number of ether oxygens (including phenoxy) is 1. The van der Waals surface area contributed by atoms with Gasteiger partial charge < -0.3 is 10.1 Å². The fraction of sp³-hybridized carbons (Fsp3) is 0.350. The minimum Gasteiger partial charge on any atom is -0.495 e. The minimum absolute atomic E-state index is 0.248. The Bertz CT molecular complexity index is 897. The van der Waals surface area contributed by atoms with Gasteiger partial charge in [-0.2, -0.15) is 0 Å². The molecule has 2 aromatic carbocycles. The lowest BCUT2D eigenvalue weighted by Crippen LogP contribution is -2.48. The molecule has 0 saturated heterocycles. The van der Waals surface area contributed by atoms with Crippen molar-refractivity contribution in [1.29, 1.82) is 0 Å². The lowest BCUT2D eigenvalue weighted by Gasteiger charge is -2.30. The highest BCUT2D eigenvalue weighted by atomic mass is 32.2. The number of carbonyl (C=O) groups excluding carboxylic acids is 1. The van der Waals surface area contributed by atoms with E-state index < -0.39 is 16.1 Å². The summed E-state index contributed by atoms with van der Waals surface area (Å²) in [5.74, 6) is 0.00196. The van der Waals surface area contributed by atoms with E-state index in [-0.39, 0.29) is 11.9 Å². The van der Waals surface area contributed by atoms with E-state index in [0.29, 0.717) is 11.4 Å². The number of rotatable bonds is 7. The van der Waals surface area contributed by atoms with Crippen LogP contribution >= 0.6 is 0 Å². The zero-order chi connectivity index (χ0) is 20.2. The molecule has 0 heterocycles. The number of benzene rings is 2. The van der Waals surface area contributed by atoms with E-state index in [9.17, 15) is 13.2 Å². The maximum atomic E-state index is 12.8. The first kappa shape index (κ1) is 20.8. The first-order valence-electron chi connectivity index (χ1n) is 8.64. The topological polar surface area (TPSA) is 75.7 Å². The molecule has 1 N–H and O–H groups in total. The Balaban J connectivity index is 2.35. The predicted molar refractivity (Wildman–Crippen MR) is 108 cm³/mol. The first-order valence-corrected chi connectivity index (χ1v) is 10.5. The van der Waals surface area contributed by atoms with Crippen LogP contribution in [0.5, 0.6) is 5.75 Å². The number of sulfonamides is 1. The highest BCUT2D eigenvalue weighted by molar-refractivity contribution is 7.92. The van der Waals surface area contributed by atoms with Crippen molar-refractivity contribution in [3.8, 4) is 5.75 Å². The quantitative estimate of drug-likeness (QED) is 0.788. The van der Waals surface area contributed by atoms with Gasteiger partial charge in [-0.15, -0.1) is 0 Å². The van der Waals surface area contributed by atoms with Crippen molar-refractivity contribution >= 4 is 21.6 Å². The number of nitrogens with zero attached hydrogens (tertiary/aromatic N) is 1. The van der Waals surface area contributed by atoms with Crippen molar-refractivity contribution in [2.24, 2.45) is 0 Å². The second kappa shape index (κ2) is 8.43. The van der Waals surface area contributed by atoms with Gasteiger partial charge in [0.25, 0.3) is 0 Å². The summed E-state index contributed by atoms with van der Waals surface area (Å²) in [6.07, 6.45) is 1.08. The Hall–Kier alpha value is -2.54. The third-order valence-electron chi connectivity index (χ3n) is 4.32. The summed E-state index contributed by atoms with van der Waals surface area (Å²) < 4.78 is 31.4. The molecule has 0 fully saturated rings. The van der Waals surface area contributed by atoms with Crippen LogP contribution in [0.4, 0.5) is 5.69 Å². The van der Waals surface area contributed by atoms with Crippen LogP contribution in [0.1, 0.15) is 31.0 Å². The van der Waals surface area contributed by atoms with Crippen molar-refractivity contribution in [3.63, 3.8) is 0 Å². The van der Waals surface area contributed by atoms with Gasteiger partial charge in [0.1, 0.15) is 11.8 Å². The van der Waals surface area contributed by atoms with Crippen LogP contribution in [0.15, 0.2) is 48.5 Å². The number of hydrogen-bond acceptors (Lipinski definition) is 4. The van der Waals surface area contributed by atoms with Crippen molar-refractivity contribution in [3.05, 3.63) is 59.7 Å². The summed E-state index contributed by atoms with van der Waals surface area (Å²) >= 11 is 0. The molecule has 0 bridgehead atoms. The summed E-state index contributed by atoms with van der Waals surface area (Å²) in [6.45, 7) is 5.28. The number of nitrogens with one attached hydrogen (secondary N) is 1. The van der Waals surface area contributed by atoms with Crippen LogP contribution in [0.2, 0.25) is 0 Å². The summed E-state index contributed by atoms with van der Waals surface area (Å²) in [4.78, 5) is 12.8. The normalized spacial score (nSPS) is 13.5. The van der Waals surface area contributed by atoms with Gasteiger partial charge in [0.05, 0.1) is 25.1 Å². The lowest BCUT2D eigenvalue weighted by molar-refractivity contribution is -0.122. The molecule has 2 atom stereocenters. The Kier molecular flexibility index (Phi) is 6.49. The number of methoxy groups -OCH3 is 1. The van der Waals surface area contributed by atoms with Crippen molar-refractivity contribution in [1.82, 2.24) is 5.32 Å². The van der Waals surface area contributed by atoms with Crippen LogP contribution in [-0.4, -0.2) is 33.7 Å². The maximum Gasteiger partial charge on any atom is 0.244 e. The monoisotopic (exact) mass is 390 g/mol. The van der Waals surface area contributed by atoms with Crippen molar-refractivity contribution < 1.29 is 17.9 Å². The molecular weight excluding hydrogens is 364 g/mol. The minimum atomic E-state index is -3.72. The second-order valence-corrected chi connectivity index (χ2v) is 8.41. The zero-order valence-corrected chi connectivity index (χ0v) is 17.1. The van der Waals surface area contributed by atoms with Gasteiger partial charge in [-0.05, 0) is 44.0 Å². The SMILES string of the molecule is COc1ccc(C)cc1N([C@@H](C)C(=O)N[C@H](C)c1ccccc1)S(C)(=O)=O. The molecule has 0 unspecified atom stereocenters. The third kappa shape index (κ3) is 5.01. The van der Waals surface area contributed by atoms with Gasteiger partial charge in [0.2, 0.25) is 15.9 Å². The van der Waals surface area contributed by atoms with E-state index in [4.69, 9.17) is 4.74 Å². The molecule has 2 rings (SSSR count). The highest BCUT2D eigenvalue weighted by Gasteiger charge is 2.32. The summed E-state index contributed by atoms with van der Waals surface area (Å²) in [7, 11) is -2.25. The molecule has 0 spiro atoms. The predicted octanol–water partition coefficient (Wildman–Crippen LogP) is 3.04. The molecule has 2 aromatic rings. The average Bonchev–Trinajstić information content (AvgIpc) is 2.61. The third-order valence-corrected chi connectivity index (χ3v) is 5.55. The van der Waals surface area contributed by atoms with Crippen LogP contribution in [0, 0.1) is 6.92 Å². The highest BCUT2D eigenvalue weighted by Crippen LogP contribution is 2.32. The van der Waals surface area contributed by atoms with Crippen molar-refractivity contribution in [2.45, 2.75) is 32.9 Å². The molecule has 0 aliphatic carbocycles. The number of aryl methyl sites for hydroxylation is 1. The van der Waals surface area contributed by atoms with Gasteiger partial charge >= 0.3 is 0 Å². The molecule has 0 aliphatic rings. The van der Waals surface area contributed by atoms with E-state index in [1.54, 1.807) is 19.1 Å². The molecule has 146 valence electrons. The standard InChI is InChI=1S/C20H26N2O4S/c1-14-11-12-19(26-4)18(13-14)22(27(5,24)25)16(3)20(23)21-15(2)17-9-7-6-8-10-17/h6-13,15-16H,1-5H3,(H,21,23)/t15-,16+/m1/s1. The Labute approximate surface area is 161 Å². The number of anilines is 1. The smallest absolute Gasteiger partial charge is 0.244 e. The maximum absolute atomic E-state index is 12.8. The number of hydrogen-bond donors (Lipinski definition) is 1. The van der Waals surface area contributed by atoms with E-state index in [1.807, 2.05) is 50.2 Å². The molecule has 0 aliphatic heterocycles. The molecule has 0 saturated carbocycles. The first-order chi connectivity index (χ1) is 12.6. The number of carbonyl (C=O) groups is 1. The Morgan fingerprint density at radius 3 is 2.30 bits per heavy atom. The fourth-order valence-corrected chi connectivity index (χ4v) is 4.08. The van der Waals surface area contributed by atoms with Gasteiger partial charge in [-0.1, -0.05) is 36.4 Å². The second-order valence-electron chi connectivity index (χ2n) is 6.55. The summed E-state index contributed by atoms with van der Waals surface area (Å²) in [5.41, 5.74) is 2.15. The fourth-order valence-electron chi connectivity index (χ4n) is 2.91. The van der Waals surface area contributed by atoms with Gasteiger partial charge in [0.15, 0.2) is 0 Å². The average molecular weight is 391 g/mol. The van der Waals surface area contributed by atoms with E-state index >= 15 is 0 Å². The van der Waals surface area contributed by atoms with Gasteiger partial charge in [0, 0.05) is 0 Å². The van der Waals surface area contributed by atoms with Crippen LogP contribution < -0.4 is 14.4 Å². The van der Waals surface area contributed by atoms with E-state index in [2.05, 4.69) is 5.32 Å². The molecule has 27 heavy (non-hydrogen) atoms. The van der Waals surface area contributed by atoms with E-state index in [0.717, 1.165) is 21.7 Å². The summed E-state index contributed by atoms with van der Waals surface area (Å²) in [5, 5.41) is 2.88. The van der Waals surface area contributed by atoms with Crippen molar-refractivity contribution in [2.75, 3.05) is 17.7 Å². The summed E-state index contributed by atoms with van der Waals surface area (Å²) in [6, 6.07) is 13.5. The largest absolute Gasteiger partial charge is 0.495 e. The van der Waals surface area contributed by atoms with Gasteiger partial charge in [-0.25, -0.2) is 8.42 Å². The van der Waals surface area contributed by atoms with Crippen LogP contribution in [0.3, 0.4) is 0 Å².